The number of fused-ring (bicyclic) bond motifs is 1. The molecule has 0 saturated carbocycles. The van der Waals surface area contributed by atoms with Crippen molar-refractivity contribution >= 4 is 22.8 Å². The minimum atomic E-state index is -3.55. The molecular weight excluding hydrogens is 292 g/mol. The quantitative estimate of drug-likeness (QED) is 0.925. The molecule has 7 heteroatoms. The van der Waals surface area contributed by atoms with Crippen LogP contribution in [0.2, 0.25) is 0 Å². The van der Waals surface area contributed by atoms with Crippen molar-refractivity contribution in [3.63, 3.8) is 0 Å². The maximum Gasteiger partial charge on any atom is 0.236 e. The fourth-order valence-corrected chi connectivity index (χ4v) is 2.18. The normalized spacial score (nSPS) is 38.6. The molecule has 2 aromatic rings. The van der Waals surface area contributed by atoms with Crippen LogP contribution in [0.5, 0.6) is 0 Å². The molecule has 3 heterocycles. The first kappa shape index (κ1) is 6.87. The summed E-state index contributed by atoms with van der Waals surface area (Å²) in [6.07, 6.45) is -6.00. The molecule has 1 fully saturated rings. The Balaban J connectivity index is 2.32. The van der Waals surface area contributed by atoms with Crippen molar-refractivity contribution < 1.29 is 19.9 Å². The molecular formula is C16H20N6O. The van der Waals surface area contributed by atoms with Gasteiger partial charge < -0.3 is 14.8 Å². The molecule has 0 aromatic carbocycles. The number of nitrogens with zero attached hydrogens (tertiary/aromatic N) is 5. The summed E-state index contributed by atoms with van der Waals surface area (Å²) in [7, 11) is 1.19. The highest BCUT2D eigenvalue weighted by Gasteiger charge is 2.32. The maximum absolute atomic E-state index is 12.9. The van der Waals surface area contributed by atoms with E-state index < -0.39 is 43.6 Å². The van der Waals surface area contributed by atoms with Gasteiger partial charge in [-0.1, -0.05) is 6.92 Å². The zero-order chi connectivity index (χ0) is 26.2. The molecule has 120 valence electrons. The number of amides is 1. The van der Waals surface area contributed by atoms with Gasteiger partial charge in [-0.25, -0.2) is 9.97 Å². The van der Waals surface area contributed by atoms with E-state index in [0.717, 1.165) is 24.2 Å². The Hall–Kier alpha value is -2.62. The lowest BCUT2D eigenvalue weighted by Crippen LogP contribution is -2.52. The first-order chi connectivity index (χ1) is 15.3. The van der Waals surface area contributed by atoms with Gasteiger partial charge in [0.15, 0.2) is 0 Å². The van der Waals surface area contributed by atoms with Crippen LogP contribution in [0.15, 0.2) is 18.5 Å². The summed E-state index contributed by atoms with van der Waals surface area (Å²) in [5, 5.41) is 9.00. The molecule has 1 aliphatic heterocycles. The van der Waals surface area contributed by atoms with Crippen molar-refractivity contribution in [2.45, 2.75) is 25.7 Å². The second-order valence-electron chi connectivity index (χ2n) is 4.74. The van der Waals surface area contributed by atoms with E-state index in [1.165, 1.54) is 7.05 Å². The molecule has 2 aromatic heterocycles. The molecule has 0 aliphatic carbocycles. The Morgan fingerprint density at radius 1 is 1.78 bits per heavy atom. The molecule has 7 nitrogen and oxygen atoms in total. The number of anilines is 1. The molecule has 1 N–H and O–H groups in total. The molecule has 2 atom stereocenters. The van der Waals surface area contributed by atoms with Crippen LogP contribution in [-0.2, 0) is 4.79 Å². The molecule has 0 spiro atoms. The van der Waals surface area contributed by atoms with Crippen LogP contribution >= 0.6 is 0 Å². The topological polar surface area (TPSA) is 88.9 Å². The first-order valence-electron chi connectivity index (χ1n) is 12.1. The molecule has 1 amide bonds. The van der Waals surface area contributed by atoms with E-state index in [1.807, 2.05) is 0 Å². The van der Waals surface area contributed by atoms with Gasteiger partial charge in [0.05, 0.1) is 25.7 Å². The number of rotatable bonds is 3. The van der Waals surface area contributed by atoms with Crippen LogP contribution in [0.25, 0.3) is 11.0 Å². The lowest BCUT2D eigenvalue weighted by molar-refractivity contribution is -0.131. The largest absolute Gasteiger partial charge is 0.354 e. The lowest BCUT2D eigenvalue weighted by Gasteiger charge is -2.42. The Kier molecular flexibility index (Phi) is 1.87. The average Bonchev–Trinajstić information content (AvgIpc) is 2.99. The summed E-state index contributed by atoms with van der Waals surface area (Å²) in [5.41, 5.74) is 0.0296. The van der Waals surface area contributed by atoms with Gasteiger partial charge in [0.25, 0.3) is 0 Å². The Morgan fingerprint density at radius 3 is 3.39 bits per heavy atom. The highest BCUT2D eigenvalue weighted by molar-refractivity contribution is 5.87. The van der Waals surface area contributed by atoms with Crippen molar-refractivity contribution in [1.82, 2.24) is 19.9 Å². The van der Waals surface area contributed by atoms with Gasteiger partial charge in [0.1, 0.15) is 24.2 Å². The number of carbonyl (C=O) groups excluding carboxylic acids is 1. The summed E-state index contributed by atoms with van der Waals surface area (Å²) in [6, 6.07) is -1.37. The molecule has 1 saturated heterocycles. The van der Waals surface area contributed by atoms with Crippen molar-refractivity contribution in [3.8, 4) is 6.07 Å². The highest BCUT2D eigenvalue weighted by atomic mass is 16.2. The van der Waals surface area contributed by atoms with E-state index >= 15 is 0 Å². The average molecular weight is 323 g/mol. The van der Waals surface area contributed by atoms with Crippen molar-refractivity contribution in [2.24, 2.45) is 5.89 Å². The fourth-order valence-electron chi connectivity index (χ4n) is 2.18. The van der Waals surface area contributed by atoms with Gasteiger partial charge >= 0.3 is 0 Å². The third kappa shape index (κ3) is 2.84. The minimum Gasteiger partial charge on any atom is -0.354 e. The number of likely N-dealkylation sites (N-methyl/N-ethyl adjacent to an activating group) is 1. The van der Waals surface area contributed by atoms with Gasteiger partial charge in [-0.3, -0.25) is 4.79 Å². The standard InChI is InChI=1S/C16H20N6O/c1-11-5-8-22(14(23)3-6-17)9-13(11)21(2)16-12-4-7-18-15(12)19-10-20-16/h4,7,10-11,13H,3,5,8-9H2,1-2H3,(H,18,19,20)/t11-,13+/m1/s1/i3D2,4D,5D2,7D,8D2,9D2,11D. The molecule has 3 rings (SSSR count). The summed E-state index contributed by atoms with van der Waals surface area (Å²) in [6.45, 7) is -5.88. The second kappa shape index (κ2) is 6.24. The smallest absolute Gasteiger partial charge is 0.236 e. The lowest BCUT2D eigenvalue weighted by atomic mass is 9.92. The molecule has 23 heavy (non-hydrogen) atoms. The number of aromatic nitrogens is 3. The molecule has 0 bridgehead atoms. The van der Waals surface area contributed by atoms with E-state index in [9.17, 15) is 4.79 Å². The van der Waals surface area contributed by atoms with Gasteiger partial charge in [0.2, 0.25) is 5.91 Å². The maximum atomic E-state index is 12.9. The van der Waals surface area contributed by atoms with E-state index in [-0.39, 0.29) is 34.0 Å². The van der Waals surface area contributed by atoms with Crippen LogP contribution in [0.1, 0.15) is 34.7 Å². The minimum absolute atomic E-state index is 0.0296. The monoisotopic (exact) mass is 323 g/mol. The van der Waals surface area contributed by atoms with Crippen molar-refractivity contribution in [3.05, 3.63) is 18.5 Å². The third-order valence-electron chi connectivity index (χ3n) is 3.31. The number of carbonyl (C=O) groups is 1. The molecule has 1 aliphatic rings. The summed E-state index contributed by atoms with van der Waals surface area (Å²) in [4.78, 5) is 23.9. The van der Waals surface area contributed by atoms with Gasteiger partial charge in [-0.2, -0.15) is 5.26 Å². The summed E-state index contributed by atoms with van der Waals surface area (Å²) < 4.78 is 90.5. The van der Waals surface area contributed by atoms with Crippen LogP contribution < -0.4 is 4.90 Å². The number of hydrogen-bond acceptors (Lipinski definition) is 5. The van der Waals surface area contributed by atoms with Crippen LogP contribution in [-0.4, -0.2) is 51.8 Å². The molecule has 0 unspecified atom stereocenters. The molecule has 0 radical (unpaired) electrons. The number of piperidine rings is 1. The number of H-pyrrole nitrogens is 1. The van der Waals surface area contributed by atoms with E-state index in [1.54, 1.807) is 0 Å². The predicted octanol–water partition coefficient (Wildman–Crippen LogP) is 1.54. The number of nitriles is 1. The Labute approximate surface area is 150 Å². The van der Waals surface area contributed by atoms with Crippen molar-refractivity contribution in [1.29, 1.82) is 5.26 Å². The summed E-state index contributed by atoms with van der Waals surface area (Å²) >= 11 is 0. The number of hydrogen-bond donors (Lipinski definition) is 1. The Bertz CT molecular complexity index is 1200. The summed E-state index contributed by atoms with van der Waals surface area (Å²) in [5.74, 6) is -4.79. The van der Waals surface area contributed by atoms with E-state index in [2.05, 4.69) is 15.0 Å². The zero-order valence-electron chi connectivity index (χ0n) is 23.3. The van der Waals surface area contributed by atoms with Crippen LogP contribution in [0.3, 0.4) is 0 Å². The fraction of sp³-hybridized carbons (Fsp3) is 0.500. The highest BCUT2D eigenvalue weighted by Crippen LogP contribution is 2.28. The second-order valence-corrected chi connectivity index (χ2v) is 4.74. The SMILES string of the molecule is [2H]c1[nH]c2ncnc(N(C)[C@H]3C([2H])([2H])N(C(=O)C([2H])([2H])C#N)C([2H])([2H])C([2H])([2H])[C@@]3([2H])C)c2c1[2H]. The van der Waals surface area contributed by atoms with Crippen LogP contribution in [0, 0.1) is 17.2 Å². The van der Waals surface area contributed by atoms with E-state index in [4.69, 9.17) is 20.3 Å². The third-order valence-corrected chi connectivity index (χ3v) is 3.31. The van der Waals surface area contributed by atoms with Gasteiger partial charge in [0, 0.05) is 33.1 Å². The zero-order valence-corrected chi connectivity index (χ0v) is 12.3. The van der Waals surface area contributed by atoms with Gasteiger partial charge in [-0.15, -0.1) is 0 Å². The number of nitrogens with one attached hydrogen (secondary N) is 1. The van der Waals surface area contributed by atoms with E-state index in [0.29, 0.717) is 0 Å². The predicted molar refractivity (Wildman–Crippen MR) is 86.7 cm³/mol. The van der Waals surface area contributed by atoms with Gasteiger partial charge in [-0.05, 0) is 18.3 Å². The number of aromatic amines is 1. The first-order valence-corrected chi connectivity index (χ1v) is 6.57. The number of likely N-dealkylation sites (tertiary alicyclic amines) is 1. The Morgan fingerprint density at radius 2 is 2.61 bits per heavy atom. The van der Waals surface area contributed by atoms with Crippen LogP contribution in [0.4, 0.5) is 5.82 Å². The van der Waals surface area contributed by atoms with Crippen molar-refractivity contribution in [2.75, 3.05) is 24.9 Å².